The van der Waals surface area contributed by atoms with Crippen molar-refractivity contribution in [2.75, 3.05) is 26.3 Å². The first-order chi connectivity index (χ1) is 10.1. The van der Waals surface area contributed by atoms with Crippen molar-refractivity contribution in [1.82, 2.24) is 4.90 Å². The van der Waals surface area contributed by atoms with E-state index in [9.17, 15) is 9.50 Å². The van der Waals surface area contributed by atoms with E-state index in [0.717, 1.165) is 38.8 Å². The Labute approximate surface area is 129 Å². The van der Waals surface area contributed by atoms with Crippen molar-refractivity contribution in [2.45, 2.75) is 37.3 Å². The molecule has 0 amide bonds. The fourth-order valence-corrected chi connectivity index (χ4v) is 3.99. The van der Waals surface area contributed by atoms with Crippen molar-refractivity contribution in [3.63, 3.8) is 0 Å². The minimum Gasteiger partial charge on any atom is -0.386 e. The second-order valence-corrected chi connectivity index (χ2v) is 6.39. The summed E-state index contributed by atoms with van der Waals surface area (Å²) in [5.74, 6) is -0.358. The van der Waals surface area contributed by atoms with Gasteiger partial charge in [0, 0.05) is 23.7 Å². The number of nitrogens with zero attached hydrogens (tertiary/aromatic N) is 1. The summed E-state index contributed by atoms with van der Waals surface area (Å²) in [4.78, 5) is 2.31. The first-order valence-electron chi connectivity index (χ1n) is 7.59. The molecule has 3 rings (SSSR count). The van der Waals surface area contributed by atoms with Gasteiger partial charge in [0.25, 0.3) is 0 Å². The van der Waals surface area contributed by atoms with Crippen LogP contribution < -0.4 is 0 Å². The van der Waals surface area contributed by atoms with Crippen LogP contribution in [0.15, 0.2) is 18.2 Å². The lowest BCUT2D eigenvalue weighted by molar-refractivity contribution is -0.0774. The number of hydrogen-bond acceptors (Lipinski definition) is 3. The van der Waals surface area contributed by atoms with Gasteiger partial charge in [0.05, 0.1) is 24.9 Å². The third-order valence-corrected chi connectivity index (χ3v) is 5.22. The second-order valence-electron chi connectivity index (χ2n) is 5.98. The lowest BCUT2D eigenvalue weighted by Crippen LogP contribution is -2.55. The first kappa shape index (κ1) is 15.2. The number of halogens is 2. The number of aliphatic hydroxyl groups excluding tert-OH is 1. The monoisotopic (exact) mass is 313 g/mol. The Morgan fingerprint density at radius 2 is 1.90 bits per heavy atom. The van der Waals surface area contributed by atoms with Crippen LogP contribution in [0.1, 0.15) is 37.4 Å². The Morgan fingerprint density at radius 3 is 2.57 bits per heavy atom. The Morgan fingerprint density at radius 1 is 1.24 bits per heavy atom. The molecule has 0 aromatic heterocycles. The van der Waals surface area contributed by atoms with Crippen LogP contribution in [0.25, 0.3) is 0 Å². The van der Waals surface area contributed by atoms with Gasteiger partial charge in [-0.1, -0.05) is 24.4 Å². The average Bonchev–Trinajstić information content (AvgIpc) is 3.01. The van der Waals surface area contributed by atoms with Crippen LogP contribution in [-0.4, -0.2) is 41.8 Å². The molecule has 2 aliphatic rings. The van der Waals surface area contributed by atoms with Gasteiger partial charge < -0.3 is 9.84 Å². The van der Waals surface area contributed by atoms with Crippen molar-refractivity contribution in [1.29, 1.82) is 0 Å². The van der Waals surface area contributed by atoms with Crippen LogP contribution in [-0.2, 0) is 4.74 Å². The third-order valence-electron chi connectivity index (χ3n) is 4.87. The van der Waals surface area contributed by atoms with Crippen LogP contribution in [0.4, 0.5) is 4.39 Å². The number of aliphatic hydroxyl groups is 1. The maximum atomic E-state index is 13.6. The van der Waals surface area contributed by atoms with Crippen LogP contribution in [0.5, 0.6) is 0 Å². The van der Waals surface area contributed by atoms with E-state index in [4.69, 9.17) is 16.3 Å². The van der Waals surface area contributed by atoms with Crippen LogP contribution in [0.2, 0.25) is 5.02 Å². The molecule has 1 aliphatic carbocycles. The number of morpholine rings is 1. The fourth-order valence-electron chi connectivity index (χ4n) is 3.77. The molecule has 1 N–H and O–H groups in total. The summed E-state index contributed by atoms with van der Waals surface area (Å²) in [7, 11) is 0. The quantitative estimate of drug-likeness (QED) is 0.930. The Hall–Kier alpha value is -0.680. The van der Waals surface area contributed by atoms with E-state index in [1.54, 1.807) is 0 Å². The topological polar surface area (TPSA) is 32.7 Å². The summed E-state index contributed by atoms with van der Waals surface area (Å²) in [6.45, 7) is 2.99. The van der Waals surface area contributed by atoms with Gasteiger partial charge in [-0.15, -0.1) is 0 Å². The summed E-state index contributed by atoms with van der Waals surface area (Å²) in [5.41, 5.74) is 0.173. The highest BCUT2D eigenvalue weighted by atomic mass is 35.5. The lowest BCUT2D eigenvalue weighted by Gasteiger charge is -2.46. The van der Waals surface area contributed by atoms with Crippen LogP contribution in [0.3, 0.4) is 0 Å². The highest BCUT2D eigenvalue weighted by molar-refractivity contribution is 6.31. The molecule has 3 nitrogen and oxygen atoms in total. The summed E-state index contributed by atoms with van der Waals surface area (Å²) in [6, 6.07) is 4.22. The number of rotatable bonds is 3. The standard InChI is InChI=1S/C16H21ClFNO2/c17-14-4-3-12(18)11-13(14)15(20)16(5-1-2-6-16)19-7-9-21-10-8-19/h3-4,11,15,20H,1-2,5-10H2. The molecule has 2 fully saturated rings. The smallest absolute Gasteiger partial charge is 0.123 e. The number of hydrogen-bond donors (Lipinski definition) is 1. The van der Waals surface area contributed by atoms with Gasteiger partial charge in [-0.05, 0) is 31.0 Å². The maximum absolute atomic E-state index is 13.6. The second kappa shape index (κ2) is 6.21. The predicted molar refractivity (Wildman–Crippen MR) is 80.0 cm³/mol. The third kappa shape index (κ3) is 2.82. The summed E-state index contributed by atoms with van der Waals surface area (Å²) in [6.07, 6.45) is 3.24. The average molecular weight is 314 g/mol. The van der Waals surface area contributed by atoms with E-state index < -0.39 is 6.10 Å². The number of ether oxygens (including phenoxy) is 1. The van der Waals surface area contributed by atoms with Gasteiger partial charge in [-0.25, -0.2) is 4.39 Å². The van der Waals surface area contributed by atoms with Crippen molar-refractivity contribution in [3.8, 4) is 0 Å². The SMILES string of the molecule is OC(c1cc(F)ccc1Cl)C1(N2CCOCC2)CCCC1. The Bertz CT molecular complexity index is 499. The lowest BCUT2D eigenvalue weighted by atomic mass is 9.83. The molecular weight excluding hydrogens is 293 g/mol. The molecule has 0 spiro atoms. The maximum Gasteiger partial charge on any atom is 0.123 e. The minimum absolute atomic E-state index is 0.332. The zero-order chi connectivity index (χ0) is 14.9. The predicted octanol–water partition coefficient (Wildman–Crippen LogP) is 3.16. The van der Waals surface area contributed by atoms with Gasteiger partial charge in [-0.2, -0.15) is 0 Å². The van der Waals surface area contributed by atoms with E-state index in [1.807, 2.05) is 0 Å². The van der Waals surface area contributed by atoms with Crippen LogP contribution in [0, 0.1) is 5.82 Å². The summed E-state index contributed by atoms with van der Waals surface area (Å²) in [5, 5.41) is 11.4. The molecular formula is C16H21ClFNO2. The van der Waals surface area contributed by atoms with Crippen molar-refractivity contribution in [2.24, 2.45) is 0 Å². The summed E-state index contributed by atoms with van der Waals surface area (Å²) < 4.78 is 19.0. The van der Waals surface area contributed by atoms with Gasteiger partial charge in [0.15, 0.2) is 0 Å². The Kier molecular flexibility index (Phi) is 4.50. The molecule has 1 aromatic carbocycles. The number of benzene rings is 1. The normalized spacial score (nSPS) is 24.1. The fraction of sp³-hybridized carbons (Fsp3) is 0.625. The highest BCUT2D eigenvalue weighted by Gasteiger charge is 2.46. The van der Waals surface area contributed by atoms with Crippen molar-refractivity contribution < 1.29 is 14.2 Å². The molecule has 1 saturated carbocycles. The van der Waals surface area contributed by atoms with E-state index in [0.29, 0.717) is 23.8 Å². The molecule has 116 valence electrons. The molecule has 1 unspecified atom stereocenters. The largest absolute Gasteiger partial charge is 0.386 e. The highest BCUT2D eigenvalue weighted by Crippen LogP contribution is 2.46. The molecule has 5 heteroatoms. The van der Waals surface area contributed by atoms with E-state index >= 15 is 0 Å². The molecule has 1 aromatic rings. The molecule has 1 saturated heterocycles. The molecule has 1 atom stereocenters. The molecule has 1 heterocycles. The van der Waals surface area contributed by atoms with E-state index in [1.165, 1.54) is 18.2 Å². The molecule has 0 bridgehead atoms. The zero-order valence-corrected chi connectivity index (χ0v) is 12.8. The molecule has 1 aliphatic heterocycles. The zero-order valence-electron chi connectivity index (χ0n) is 12.0. The van der Waals surface area contributed by atoms with Gasteiger partial charge >= 0.3 is 0 Å². The van der Waals surface area contributed by atoms with Crippen LogP contribution >= 0.6 is 11.6 Å². The van der Waals surface area contributed by atoms with E-state index in [2.05, 4.69) is 4.90 Å². The van der Waals surface area contributed by atoms with Gasteiger partial charge in [0.1, 0.15) is 5.82 Å². The molecule has 21 heavy (non-hydrogen) atoms. The van der Waals surface area contributed by atoms with Gasteiger partial charge in [0.2, 0.25) is 0 Å². The first-order valence-corrected chi connectivity index (χ1v) is 7.97. The van der Waals surface area contributed by atoms with E-state index in [-0.39, 0.29) is 11.4 Å². The van der Waals surface area contributed by atoms with Crippen molar-refractivity contribution in [3.05, 3.63) is 34.6 Å². The minimum atomic E-state index is -0.763. The molecule has 0 radical (unpaired) electrons. The van der Waals surface area contributed by atoms with Crippen molar-refractivity contribution >= 4 is 11.6 Å². The Balaban J connectivity index is 1.94. The summed E-state index contributed by atoms with van der Waals surface area (Å²) >= 11 is 6.20. The van der Waals surface area contributed by atoms with Gasteiger partial charge in [-0.3, -0.25) is 4.90 Å².